The summed E-state index contributed by atoms with van der Waals surface area (Å²) in [5, 5.41) is 5.57. The third-order valence-corrected chi connectivity index (χ3v) is 2.19. The van der Waals surface area contributed by atoms with Crippen LogP contribution in [0.15, 0.2) is 18.3 Å². The van der Waals surface area contributed by atoms with Gasteiger partial charge in [-0.05, 0) is 12.1 Å². The number of carbonyl (C=O) groups is 1. The van der Waals surface area contributed by atoms with Crippen molar-refractivity contribution in [2.24, 2.45) is 7.05 Å². The molecule has 0 spiro atoms. The highest BCUT2D eigenvalue weighted by Crippen LogP contribution is 2.21. The predicted octanol–water partition coefficient (Wildman–Crippen LogP) is 2.04. The maximum Gasteiger partial charge on any atom is 0.151 e. The number of carbonyl (C=O) groups excluding carboxylic acids is 1. The van der Waals surface area contributed by atoms with Crippen LogP contribution in [0.2, 0.25) is 5.02 Å². The van der Waals surface area contributed by atoms with E-state index in [0.29, 0.717) is 10.6 Å². The van der Waals surface area contributed by atoms with Gasteiger partial charge in [0.05, 0.1) is 10.5 Å². The molecule has 0 bridgehead atoms. The lowest BCUT2D eigenvalue weighted by molar-refractivity contribution is 0.112. The second kappa shape index (κ2) is 2.85. The molecule has 0 saturated carbocycles. The molecule has 1 aromatic heterocycles. The molecule has 1 aromatic carbocycles. The predicted molar refractivity (Wildman–Crippen MR) is 51.1 cm³/mol. The first-order valence-corrected chi connectivity index (χ1v) is 4.16. The van der Waals surface area contributed by atoms with Crippen molar-refractivity contribution < 1.29 is 4.79 Å². The molecular formula is C9H7ClN2O. The summed E-state index contributed by atoms with van der Waals surface area (Å²) in [6, 6.07) is 3.43. The van der Waals surface area contributed by atoms with Gasteiger partial charge in [-0.3, -0.25) is 9.48 Å². The topological polar surface area (TPSA) is 34.9 Å². The van der Waals surface area contributed by atoms with Gasteiger partial charge in [0, 0.05) is 24.2 Å². The number of fused-ring (bicyclic) bond motifs is 1. The first kappa shape index (κ1) is 8.26. The van der Waals surface area contributed by atoms with E-state index in [1.807, 2.05) is 13.2 Å². The number of aryl methyl sites for hydroxylation is 1. The highest BCUT2D eigenvalue weighted by molar-refractivity contribution is 6.33. The van der Waals surface area contributed by atoms with Crippen molar-refractivity contribution >= 4 is 28.8 Å². The SMILES string of the molecule is Cn1cc2cc(Cl)c(C=O)cc2n1. The molecule has 0 radical (unpaired) electrons. The zero-order valence-corrected chi connectivity index (χ0v) is 7.75. The summed E-state index contributed by atoms with van der Waals surface area (Å²) in [5.41, 5.74) is 1.27. The van der Waals surface area contributed by atoms with E-state index in [1.165, 1.54) is 0 Å². The van der Waals surface area contributed by atoms with Gasteiger partial charge in [-0.1, -0.05) is 11.6 Å². The highest BCUT2D eigenvalue weighted by Gasteiger charge is 2.04. The van der Waals surface area contributed by atoms with Gasteiger partial charge in [0.15, 0.2) is 6.29 Å². The Balaban J connectivity index is 2.79. The van der Waals surface area contributed by atoms with Crippen molar-refractivity contribution in [2.45, 2.75) is 0 Å². The molecule has 13 heavy (non-hydrogen) atoms. The smallest absolute Gasteiger partial charge is 0.151 e. The van der Waals surface area contributed by atoms with E-state index in [9.17, 15) is 4.79 Å². The van der Waals surface area contributed by atoms with Crippen LogP contribution in [0.4, 0.5) is 0 Å². The number of benzene rings is 1. The van der Waals surface area contributed by atoms with Gasteiger partial charge in [-0.15, -0.1) is 0 Å². The molecular weight excluding hydrogens is 188 g/mol. The molecule has 0 aliphatic rings. The molecule has 3 nitrogen and oxygen atoms in total. The summed E-state index contributed by atoms with van der Waals surface area (Å²) >= 11 is 5.84. The zero-order valence-electron chi connectivity index (χ0n) is 6.99. The molecule has 4 heteroatoms. The van der Waals surface area contributed by atoms with Crippen LogP contribution in [-0.4, -0.2) is 16.1 Å². The van der Waals surface area contributed by atoms with Gasteiger partial charge < -0.3 is 0 Å². The van der Waals surface area contributed by atoms with Crippen molar-refractivity contribution in [1.29, 1.82) is 0 Å². The average Bonchev–Trinajstić information content (AvgIpc) is 2.42. The van der Waals surface area contributed by atoms with Gasteiger partial charge in [0.25, 0.3) is 0 Å². The molecule has 2 rings (SSSR count). The Labute approximate surface area is 79.9 Å². The summed E-state index contributed by atoms with van der Waals surface area (Å²) in [7, 11) is 1.83. The number of aromatic nitrogens is 2. The van der Waals surface area contributed by atoms with Crippen LogP contribution < -0.4 is 0 Å². The Morgan fingerprint density at radius 3 is 3.00 bits per heavy atom. The van der Waals surface area contributed by atoms with Gasteiger partial charge in [0.2, 0.25) is 0 Å². The first-order chi connectivity index (χ1) is 6.20. The largest absolute Gasteiger partial charge is 0.298 e. The van der Waals surface area contributed by atoms with Crippen LogP contribution in [0.1, 0.15) is 10.4 Å². The zero-order chi connectivity index (χ0) is 9.42. The third-order valence-electron chi connectivity index (χ3n) is 1.86. The monoisotopic (exact) mass is 194 g/mol. The van der Waals surface area contributed by atoms with E-state index >= 15 is 0 Å². The Kier molecular flexibility index (Phi) is 1.81. The summed E-state index contributed by atoms with van der Waals surface area (Å²) in [6.45, 7) is 0. The lowest BCUT2D eigenvalue weighted by atomic mass is 10.2. The summed E-state index contributed by atoms with van der Waals surface area (Å²) in [6.07, 6.45) is 2.59. The van der Waals surface area contributed by atoms with Gasteiger partial charge in [-0.25, -0.2) is 0 Å². The van der Waals surface area contributed by atoms with Gasteiger partial charge in [0.1, 0.15) is 0 Å². The lowest BCUT2D eigenvalue weighted by Gasteiger charge is -1.93. The van der Waals surface area contributed by atoms with Gasteiger partial charge in [-0.2, -0.15) is 5.10 Å². The summed E-state index contributed by atoms with van der Waals surface area (Å²) in [5.74, 6) is 0. The number of nitrogens with zero attached hydrogens (tertiary/aromatic N) is 2. The number of rotatable bonds is 1. The quantitative estimate of drug-likeness (QED) is 0.652. The molecule has 1 heterocycles. The molecule has 0 fully saturated rings. The number of halogens is 1. The summed E-state index contributed by atoms with van der Waals surface area (Å²) < 4.78 is 1.69. The second-order valence-electron chi connectivity index (χ2n) is 2.85. The maximum atomic E-state index is 10.6. The van der Waals surface area contributed by atoms with E-state index in [1.54, 1.807) is 16.8 Å². The fourth-order valence-corrected chi connectivity index (χ4v) is 1.49. The van der Waals surface area contributed by atoms with Gasteiger partial charge >= 0.3 is 0 Å². The van der Waals surface area contributed by atoms with E-state index in [0.717, 1.165) is 17.2 Å². The third kappa shape index (κ3) is 1.31. The average molecular weight is 195 g/mol. The molecule has 0 saturated heterocycles. The molecule has 0 N–H and O–H groups in total. The van der Waals surface area contributed by atoms with E-state index < -0.39 is 0 Å². The first-order valence-electron chi connectivity index (χ1n) is 3.79. The molecule has 0 aliphatic heterocycles. The molecule has 66 valence electrons. The van der Waals surface area contributed by atoms with Crippen molar-refractivity contribution in [3.05, 3.63) is 28.9 Å². The number of hydrogen-bond acceptors (Lipinski definition) is 2. The van der Waals surface area contributed by atoms with Crippen LogP contribution in [0.25, 0.3) is 10.9 Å². The summed E-state index contributed by atoms with van der Waals surface area (Å²) in [4.78, 5) is 10.6. The minimum Gasteiger partial charge on any atom is -0.298 e. The van der Waals surface area contributed by atoms with Crippen molar-refractivity contribution in [3.63, 3.8) is 0 Å². The van der Waals surface area contributed by atoms with Crippen LogP contribution >= 0.6 is 11.6 Å². The minimum absolute atomic E-state index is 0.468. The molecule has 0 unspecified atom stereocenters. The van der Waals surface area contributed by atoms with Crippen LogP contribution in [0.5, 0.6) is 0 Å². The Morgan fingerprint density at radius 1 is 1.54 bits per heavy atom. The standard InChI is InChI=1S/C9H7ClN2O/c1-12-4-6-2-8(10)7(5-13)3-9(6)11-12/h2-5H,1H3. The normalized spacial score (nSPS) is 10.6. The minimum atomic E-state index is 0.468. The Morgan fingerprint density at radius 2 is 2.31 bits per heavy atom. The van der Waals surface area contributed by atoms with Crippen LogP contribution in [0.3, 0.4) is 0 Å². The number of aldehydes is 1. The Hall–Kier alpha value is -1.35. The van der Waals surface area contributed by atoms with E-state index in [-0.39, 0.29) is 0 Å². The van der Waals surface area contributed by atoms with Crippen LogP contribution in [0, 0.1) is 0 Å². The van der Waals surface area contributed by atoms with Crippen molar-refractivity contribution in [1.82, 2.24) is 9.78 Å². The molecule has 0 atom stereocenters. The molecule has 2 aromatic rings. The second-order valence-corrected chi connectivity index (χ2v) is 3.26. The fraction of sp³-hybridized carbons (Fsp3) is 0.111. The fourth-order valence-electron chi connectivity index (χ4n) is 1.27. The van der Waals surface area contributed by atoms with Crippen molar-refractivity contribution in [3.8, 4) is 0 Å². The Bertz CT molecular complexity index is 476. The number of hydrogen-bond donors (Lipinski definition) is 0. The molecule has 0 aliphatic carbocycles. The van der Waals surface area contributed by atoms with E-state index in [4.69, 9.17) is 11.6 Å². The maximum absolute atomic E-state index is 10.6. The van der Waals surface area contributed by atoms with Crippen molar-refractivity contribution in [2.75, 3.05) is 0 Å². The molecule has 0 amide bonds. The van der Waals surface area contributed by atoms with E-state index in [2.05, 4.69) is 5.10 Å². The lowest BCUT2D eigenvalue weighted by Crippen LogP contribution is -1.85. The highest BCUT2D eigenvalue weighted by atomic mass is 35.5. The van der Waals surface area contributed by atoms with Crippen LogP contribution in [-0.2, 0) is 7.05 Å².